The van der Waals surface area contributed by atoms with Gasteiger partial charge in [-0.25, -0.2) is 9.48 Å². The van der Waals surface area contributed by atoms with E-state index in [1.54, 1.807) is 6.26 Å². The van der Waals surface area contributed by atoms with Crippen molar-refractivity contribution in [3.05, 3.63) is 65.8 Å². The molecule has 0 saturated carbocycles. The Kier molecular flexibility index (Phi) is 5.64. The van der Waals surface area contributed by atoms with Crippen LogP contribution in [-0.2, 0) is 6.54 Å². The Hall–Kier alpha value is -3.09. The van der Waals surface area contributed by atoms with Crippen molar-refractivity contribution in [3.63, 3.8) is 0 Å². The standard InChI is InChI=1S/C22H27N5O2/c1-16(2)21-18(15-27(24-21)19-6-4-3-5-7-19)14-23-22(28)26-11-8-17(9-12-26)20-10-13-29-25-20/h3-7,10,13,15-17H,8-9,11-12,14H2,1-2H3,(H,23,28). The summed E-state index contributed by atoms with van der Waals surface area (Å²) in [6, 6.07) is 11.9. The number of benzene rings is 1. The van der Waals surface area contributed by atoms with E-state index in [0.717, 1.165) is 48.6 Å². The number of para-hydroxylation sites is 1. The molecule has 1 N–H and O–H groups in total. The van der Waals surface area contributed by atoms with Gasteiger partial charge in [0.15, 0.2) is 0 Å². The van der Waals surface area contributed by atoms with Gasteiger partial charge in [0.05, 0.1) is 17.1 Å². The lowest BCUT2D eigenvalue weighted by Crippen LogP contribution is -2.43. The fraction of sp³-hybridized carbons (Fsp3) is 0.409. The fourth-order valence-corrected chi connectivity index (χ4v) is 3.85. The van der Waals surface area contributed by atoms with Crippen LogP contribution in [0.25, 0.3) is 5.69 Å². The first-order valence-corrected chi connectivity index (χ1v) is 10.2. The van der Waals surface area contributed by atoms with E-state index >= 15 is 0 Å². The number of piperidine rings is 1. The van der Waals surface area contributed by atoms with E-state index in [-0.39, 0.29) is 11.9 Å². The number of carbonyl (C=O) groups is 1. The molecular formula is C22H27N5O2. The van der Waals surface area contributed by atoms with E-state index in [9.17, 15) is 4.79 Å². The van der Waals surface area contributed by atoms with Gasteiger partial charge in [-0.15, -0.1) is 0 Å². The Labute approximate surface area is 170 Å². The monoisotopic (exact) mass is 393 g/mol. The second-order valence-electron chi connectivity index (χ2n) is 7.82. The van der Waals surface area contributed by atoms with Crippen molar-refractivity contribution in [2.24, 2.45) is 0 Å². The molecule has 0 aliphatic carbocycles. The predicted octanol–water partition coefficient (Wildman–Crippen LogP) is 4.07. The molecule has 0 radical (unpaired) electrons. The number of likely N-dealkylation sites (tertiary alicyclic amines) is 1. The second-order valence-corrected chi connectivity index (χ2v) is 7.82. The Morgan fingerprint density at radius 2 is 1.97 bits per heavy atom. The molecule has 0 spiro atoms. The van der Waals surface area contributed by atoms with Gasteiger partial charge in [-0.05, 0) is 30.9 Å². The molecule has 7 nitrogen and oxygen atoms in total. The van der Waals surface area contributed by atoms with Crippen molar-refractivity contribution in [1.82, 2.24) is 25.2 Å². The van der Waals surface area contributed by atoms with Gasteiger partial charge in [-0.2, -0.15) is 5.10 Å². The van der Waals surface area contributed by atoms with Crippen molar-refractivity contribution in [3.8, 4) is 5.69 Å². The minimum absolute atomic E-state index is 0.0224. The van der Waals surface area contributed by atoms with Crippen LogP contribution >= 0.6 is 0 Å². The van der Waals surface area contributed by atoms with Crippen LogP contribution in [0.2, 0.25) is 0 Å². The summed E-state index contributed by atoms with van der Waals surface area (Å²) in [7, 11) is 0. The third kappa shape index (κ3) is 4.34. The first-order chi connectivity index (χ1) is 14.1. The summed E-state index contributed by atoms with van der Waals surface area (Å²) in [5.41, 5.74) is 4.07. The average Bonchev–Trinajstić information content (AvgIpc) is 3.43. The Balaban J connectivity index is 1.37. The number of nitrogens with one attached hydrogen (secondary N) is 1. The van der Waals surface area contributed by atoms with Crippen LogP contribution in [0.15, 0.2) is 53.4 Å². The zero-order valence-electron chi connectivity index (χ0n) is 16.9. The summed E-state index contributed by atoms with van der Waals surface area (Å²) in [5.74, 6) is 0.652. The molecule has 29 heavy (non-hydrogen) atoms. The van der Waals surface area contributed by atoms with Crippen LogP contribution in [-0.4, -0.2) is 39.0 Å². The van der Waals surface area contributed by atoms with Gasteiger partial charge >= 0.3 is 6.03 Å². The molecule has 2 aromatic heterocycles. The number of hydrogen-bond donors (Lipinski definition) is 1. The summed E-state index contributed by atoms with van der Waals surface area (Å²) in [4.78, 5) is 14.6. The number of urea groups is 1. The molecule has 7 heteroatoms. The fourth-order valence-electron chi connectivity index (χ4n) is 3.85. The second kappa shape index (κ2) is 8.51. The summed E-state index contributed by atoms with van der Waals surface area (Å²) >= 11 is 0. The van der Waals surface area contributed by atoms with E-state index in [1.807, 2.05) is 52.2 Å². The van der Waals surface area contributed by atoms with E-state index in [1.165, 1.54) is 0 Å². The molecule has 3 aromatic rings. The van der Waals surface area contributed by atoms with Gasteiger partial charge in [-0.1, -0.05) is 37.2 Å². The first kappa shape index (κ1) is 19.2. The molecule has 1 aromatic carbocycles. The lowest BCUT2D eigenvalue weighted by Gasteiger charge is -2.31. The minimum atomic E-state index is -0.0224. The van der Waals surface area contributed by atoms with Gasteiger partial charge in [0.1, 0.15) is 6.26 Å². The maximum atomic E-state index is 12.7. The molecule has 0 bridgehead atoms. The van der Waals surface area contributed by atoms with Gasteiger partial charge in [0.25, 0.3) is 0 Å². The van der Waals surface area contributed by atoms with E-state index in [2.05, 4.69) is 24.3 Å². The predicted molar refractivity (Wildman–Crippen MR) is 110 cm³/mol. The number of aromatic nitrogens is 3. The zero-order valence-corrected chi connectivity index (χ0v) is 16.9. The zero-order chi connectivity index (χ0) is 20.2. The highest BCUT2D eigenvalue weighted by molar-refractivity contribution is 5.74. The van der Waals surface area contributed by atoms with Crippen LogP contribution in [0.1, 0.15) is 55.5 Å². The molecule has 152 valence electrons. The SMILES string of the molecule is CC(C)c1nn(-c2ccccc2)cc1CNC(=O)N1CCC(c2ccon2)CC1. The lowest BCUT2D eigenvalue weighted by molar-refractivity contribution is 0.180. The number of rotatable bonds is 5. The van der Waals surface area contributed by atoms with Gasteiger partial charge in [-0.3, -0.25) is 0 Å². The van der Waals surface area contributed by atoms with Crippen LogP contribution in [0.3, 0.4) is 0 Å². The molecule has 0 unspecified atom stereocenters. The summed E-state index contributed by atoms with van der Waals surface area (Å²) < 4.78 is 6.83. The maximum absolute atomic E-state index is 12.7. The van der Waals surface area contributed by atoms with E-state index in [0.29, 0.717) is 12.5 Å². The molecule has 1 fully saturated rings. The quantitative estimate of drug-likeness (QED) is 0.709. The number of hydrogen-bond acceptors (Lipinski definition) is 4. The molecule has 2 amide bonds. The first-order valence-electron chi connectivity index (χ1n) is 10.2. The van der Waals surface area contributed by atoms with Crippen LogP contribution in [0.4, 0.5) is 4.79 Å². The molecule has 1 saturated heterocycles. The largest absolute Gasteiger partial charge is 0.365 e. The molecule has 1 aliphatic rings. The average molecular weight is 393 g/mol. The van der Waals surface area contributed by atoms with Crippen LogP contribution < -0.4 is 5.32 Å². The van der Waals surface area contributed by atoms with Crippen molar-refractivity contribution in [2.75, 3.05) is 13.1 Å². The van der Waals surface area contributed by atoms with Crippen molar-refractivity contribution < 1.29 is 9.32 Å². The third-order valence-electron chi connectivity index (χ3n) is 5.48. The lowest BCUT2D eigenvalue weighted by atomic mass is 9.94. The minimum Gasteiger partial charge on any atom is -0.365 e. The van der Waals surface area contributed by atoms with Crippen molar-refractivity contribution in [1.29, 1.82) is 0 Å². The van der Waals surface area contributed by atoms with Crippen molar-refractivity contribution >= 4 is 6.03 Å². The summed E-state index contributed by atoms with van der Waals surface area (Å²) in [6.07, 6.45) is 5.43. The third-order valence-corrected chi connectivity index (χ3v) is 5.48. The Morgan fingerprint density at radius 3 is 2.62 bits per heavy atom. The highest BCUT2D eigenvalue weighted by Crippen LogP contribution is 2.26. The number of nitrogens with zero attached hydrogens (tertiary/aromatic N) is 4. The van der Waals surface area contributed by atoms with Gasteiger partial charge < -0.3 is 14.7 Å². The topological polar surface area (TPSA) is 76.2 Å². The Bertz CT molecular complexity index is 926. The van der Waals surface area contributed by atoms with Gasteiger partial charge in [0, 0.05) is 43.4 Å². The maximum Gasteiger partial charge on any atom is 0.317 e. The number of carbonyl (C=O) groups excluding carboxylic acids is 1. The van der Waals surface area contributed by atoms with Crippen LogP contribution in [0.5, 0.6) is 0 Å². The molecule has 3 heterocycles. The highest BCUT2D eigenvalue weighted by atomic mass is 16.5. The summed E-state index contributed by atoms with van der Waals surface area (Å²) in [6.45, 7) is 6.17. The number of amides is 2. The highest BCUT2D eigenvalue weighted by Gasteiger charge is 2.25. The van der Waals surface area contributed by atoms with E-state index < -0.39 is 0 Å². The smallest absolute Gasteiger partial charge is 0.317 e. The van der Waals surface area contributed by atoms with E-state index in [4.69, 9.17) is 9.62 Å². The summed E-state index contributed by atoms with van der Waals surface area (Å²) in [5, 5.41) is 11.9. The van der Waals surface area contributed by atoms with Crippen molar-refractivity contribution in [2.45, 2.75) is 45.1 Å². The molecule has 4 rings (SSSR count). The molecule has 1 aliphatic heterocycles. The van der Waals surface area contributed by atoms with Gasteiger partial charge in [0.2, 0.25) is 0 Å². The molecule has 0 atom stereocenters. The molecular weight excluding hydrogens is 366 g/mol. The van der Waals surface area contributed by atoms with Crippen LogP contribution in [0, 0.1) is 0 Å². The normalized spacial score (nSPS) is 15.1. The Morgan fingerprint density at radius 1 is 1.21 bits per heavy atom.